The van der Waals surface area contributed by atoms with Crippen LogP contribution >= 0.6 is 0 Å². The molecular weight excluding hydrogens is 400 g/mol. The number of nitrogens with one attached hydrogen (secondary N) is 1. The van der Waals surface area contributed by atoms with Gasteiger partial charge in [0.15, 0.2) is 0 Å². The second-order valence-electron chi connectivity index (χ2n) is 8.09. The maximum Gasteiger partial charge on any atom is 0.243 e. The molecule has 0 saturated carbocycles. The fourth-order valence-electron chi connectivity index (χ4n) is 3.84. The summed E-state index contributed by atoms with van der Waals surface area (Å²) >= 11 is 0. The number of rotatable bonds is 10. The van der Waals surface area contributed by atoms with Gasteiger partial charge in [-0.1, -0.05) is 72.8 Å². The first-order chi connectivity index (χ1) is 15.5. The number of fused-ring (bicyclic) bond motifs is 1. The molecule has 168 valence electrons. The number of hydrogen-bond acceptors (Lipinski definition) is 4. The maximum atomic E-state index is 13.1. The summed E-state index contributed by atoms with van der Waals surface area (Å²) in [6, 6.07) is 22.5. The standard InChI is InChI=1S/C26H32N4O2/c1-30(24(12-7-15-27)25(31)29-18-19-8-3-2-4-9-19)26(32)23(28)17-20-13-14-21-10-5-6-11-22(21)16-20/h2-6,8-11,13-14,16,23-24H,7,12,15,17-18,27-28H2,1H3,(H,29,31). The SMILES string of the molecule is CN(C(=O)C(N)Cc1ccc2ccccc2c1)C(CCCN)C(=O)NCc1ccccc1. The van der Waals surface area contributed by atoms with E-state index < -0.39 is 12.1 Å². The fourth-order valence-corrected chi connectivity index (χ4v) is 3.84. The number of nitrogens with zero attached hydrogens (tertiary/aromatic N) is 1. The minimum absolute atomic E-state index is 0.198. The Balaban J connectivity index is 1.65. The van der Waals surface area contributed by atoms with Gasteiger partial charge in [0, 0.05) is 13.6 Å². The number of hydrogen-bond donors (Lipinski definition) is 3. The van der Waals surface area contributed by atoms with Gasteiger partial charge in [-0.25, -0.2) is 0 Å². The van der Waals surface area contributed by atoms with E-state index in [2.05, 4.69) is 11.4 Å². The number of carbonyl (C=O) groups excluding carboxylic acids is 2. The first-order valence-corrected chi connectivity index (χ1v) is 11.0. The minimum Gasteiger partial charge on any atom is -0.350 e. The van der Waals surface area contributed by atoms with Crippen LogP contribution in [-0.2, 0) is 22.6 Å². The quantitative estimate of drug-likeness (QED) is 0.458. The highest BCUT2D eigenvalue weighted by Crippen LogP contribution is 2.17. The lowest BCUT2D eigenvalue weighted by molar-refractivity contribution is -0.140. The molecule has 0 fully saturated rings. The molecule has 32 heavy (non-hydrogen) atoms. The van der Waals surface area contributed by atoms with Gasteiger partial charge in [-0.3, -0.25) is 9.59 Å². The zero-order chi connectivity index (χ0) is 22.9. The fraction of sp³-hybridized carbons (Fsp3) is 0.308. The monoisotopic (exact) mass is 432 g/mol. The predicted octanol–water partition coefficient (Wildman–Crippen LogP) is 2.59. The Morgan fingerprint density at radius 1 is 0.938 bits per heavy atom. The Morgan fingerprint density at radius 2 is 1.62 bits per heavy atom. The number of nitrogens with two attached hydrogens (primary N) is 2. The van der Waals surface area contributed by atoms with Gasteiger partial charge < -0.3 is 21.7 Å². The molecule has 0 aliphatic heterocycles. The van der Waals surface area contributed by atoms with Gasteiger partial charge in [0.1, 0.15) is 6.04 Å². The van der Waals surface area contributed by atoms with Crippen LogP contribution in [0.3, 0.4) is 0 Å². The Kier molecular flexibility index (Phi) is 8.36. The average molecular weight is 433 g/mol. The first-order valence-electron chi connectivity index (χ1n) is 11.0. The molecule has 2 amide bonds. The largest absolute Gasteiger partial charge is 0.350 e. The summed E-state index contributed by atoms with van der Waals surface area (Å²) in [6.45, 7) is 0.859. The maximum absolute atomic E-state index is 13.1. The molecule has 2 unspecified atom stereocenters. The summed E-state index contributed by atoms with van der Waals surface area (Å²) < 4.78 is 0. The van der Waals surface area contributed by atoms with Gasteiger partial charge in [0.05, 0.1) is 6.04 Å². The van der Waals surface area contributed by atoms with Crippen molar-refractivity contribution in [3.05, 3.63) is 83.9 Å². The highest BCUT2D eigenvalue weighted by Gasteiger charge is 2.29. The summed E-state index contributed by atoms with van der Waals surface area (Å²) in [6.07, 6.45) is 1.53. The van der Waals surface area contributed by atoms with E-state index in [-0.39, 0.29) is 11.8 Å². The van der Waals surface area contributed by atoms with E-state index in [1.54, 1.807) is 7.05 Å². The molecule has 0 bridgehead atoms. The van der Waals surface area contributed by atoms with Gasteiger partial charge >= 0.3 is 0 Å². The summed E-state index contributed by atoms with van der Waals surface area (Å²) in [4.78, 5) is 27.5. The molecule has 0 saturated heterocycles. The Bertz CT molecular complexity index is 1040. The van der Waals surface area contributed by atoms with E-state index in [0.717, 1.165) is 21.9 Å². The van der Waals surface area contributed by atoms with Crippen LogP contribution in [0.5, 0.6) is 0 Å². The zero-order valence-electron chi connectivity index (χ0n) is 18.5. The molecule has 0 radical (unpaired) electrons. The van der Waals surface area contributed by atoms with Crippen molar-refractivity contribution in [3.63, 3.8) is 0 Å². The van der Waals surface area contributed by atoms with Crippen LogP contribution in [0.4, 0.5) is 0 Å². The summed E-state index contributed by atoms with van der Waals surface area (Å²) in [5.41, 5.74) is 13.9. The van der Waals surface area contributed by atoms with Crippen LogP contribution in [0.2, 0.25) is 0 Å². The molecule has 0 aliphatic carbocycles. The minimum atomic E-state index is -0.733. The van der Waals surface area contributed by atoms with Crippen LogP contribution in [0.25, 0.3) is 10.8 Å². The van der Waals surface area contributed by atoms with Gasteiger partial charge in [0.2, 0.25) is 11.8 Å². The molecular formula is C26H32N4O2. The number of carbonyl (C=O) groups is 2. The van der Waals surface area contributed by atoms with E-state index >= 15 is 0 Å². The van der Waals surface area contributed by atoms with Crippen LogP contribution in [-0.4, -0.2) is 42.4 Å². The molecule has 0 spiro atoms. The van der Waals surface area contributed by atoms with Gasteiger partial charge in [-0.15, -0.1) is 0 Å². The van der Waals surface area contributed by atoms with E-state index in [1.807, 2.05) is 66.7 Å². The number of amides is 2. The molecule has 2 atom stereocenters. The third-order valence-corrected chi connectivity index (χ3v) is 5.70. The van der Waals surface area contributed by atoms with Gasteiger partial charge in [-0.05, 0) is 47.7 Å². The zero-order valence-corrected chi connectivity index (χ0v) is 18.5. The Morgan fingerprint density at radius 3 is 2.34 bits per heavy atom. The lowest BCUT2D eigenvalue weighted by atomic mass is 10.0. The van der Waals surface area contributed by atoms with Crippen molar-refractivity contribution in [3.8, 4) is 0 Å². The second-order valence-corrected chi connectivity index (χ2v) is 8.09. The lowest BCUT2D eigenvalue weighted by Crippen LogP contribution is -2.52. The normalized spacial score (nSPS) is 12.8. The molecule has 6 heteroatoms. The average Bonchev–Trinajstić information content (AvgIpc) is 2.82. The van der Waals surface area contributed by atoms with Crippen molar-refractivity contribution in [1.29, 1.82) is 0 Å². The summed E-state index contributed by atoms with van der Waals surface area (Å²) in [7, 11) is 1.64. The van der Waals surface area contributed by atoms with Crippen LogP contribution in [0.15, 0.2) is 72.8 Å². The molecule has 3 rings (SSSR count). The van der Waals surface area contributed by atoms with Gasteiger partial charge in [0.25, 0.3) is 0 Å². The molecule has 0 aromatic heterocycles. The molecule has 6 nitrogen and oxygen atoms in total. The van der Waals surface area contributed by atoms with E-state index in [0.29, 0.717) is 32.4 Å². The highest BCUT2D eigenvalue weighted by atomic mass is 16.2. The third kappa shape index (κ3) is 6.15. The first kappa shape index (κ1) is 23.4. The van der Waals surface area contributed by atoms with Crippen LogP contribution in [0, 0.1) is 0 Å². The van der Waals surface area contributed by atoms with E-state index in [9.17, 15) is 9.59 Å². The third-order valence-electron chi connectivity index (χ3n) is 5.70. The summed E-state index contributed by atoms with van der Waals surface area (Å²) in [5, 5.41) is 5.19. The predicted molar refractivity (Wildman–Crippen MR) is 129 cm³/mol. The molecule has 5 N–H and O–H groups in total. The molecule has 0 aliphatic rings. The molecule has 3 aromatic rings. The molecule has 0 heterocycles. The van der Waals surface area contributed by atoms with Gasteiger partial charge in [-0.2, -0.15) is 0 Å². The second kappa shape index (κ2) is 11.4. The topological polar surface area (TPSA) is 101 Å². The van der Waals surface area contributed by atoms with Crippen molar-refractivity contribution >= 4 is 22.6 Å². The Labute approximate surface area is 189 Å². The van der Waals surface area contributed by atoms with Crippen molar-refractivity contribution in [2.24, 2.45) is 11.5 Å². The summed E-state index contributed by atoms with van der Waals surface area (Å²) in [5.74, 6) is -0.453. The van der Waals surface area contributed by atoms with Crippen LogP contribution < -0.4 is 16.8 Å². The van der Waals surface area contributed by atoms with Crippen molar-refractivity contribution in [2.45, 2.75) is 37.9 Å². The Hall–Kier alpha value is -3.22. The highest BCUT2D eigenvalue weighted by molar-refractivity contribution is 5.90. The van der Waals surface area contributed by atoms with Crippen molar-refractivity contribution in [1.82, 2.24) is 10.2 Å². The lowest BCUT2D eigenvalue weighted by Gasteiger charge is -2.29. The smallest absolute Gasteiger partial charge is 0.243 e. The van der Waals surface area contributed by atoms with E-state index in [4.69, 9.17) is 11.5 Å². The molecule has 3 aromatic carbocycles. The van der Waals surface area contributed by atoms with E-state index in [1.165, 1.54) is 4.90 Å². The van der Waals surface area contributed by atoms with Crippen LogP contribution in [0.1, 0.15) is 24.0 Å². The number of benzene rings is 3. The number of likely N-dealkylation sites (N-methyl/N-ethyl adjacent to an activating group) is 1. The van der Waals surface area contributed by atoms with Crippen molar-refractivity contribution in [2.75, 3.05) is 13.6 Å². The van der Waals surface area contributed by atoms with Crippen molar-refractivity contribution < 1.29 is 9.59 Å².